The third-order valence-corrected chi connectivity index (χ3v) is 5.65. The van der Waals surface area contributed by atoms with E-state index in [-0.39, 0.29) is 18.5 Å². The van der Waals surface area contributed by atoms with Gasteiger partial charge >= 0.3 is 6.03 Å². The van der Waals surface area contributed by atoms with Crippen LogP contribution in [0.5, 0.6) is 0 Å². The van der Waals surface area contributed by atoms with Crippen molar-refractivity contribution in [2.45, 2.75) is 47.0 Å². The fourth-order valence-corrected chi connectivity index (χ4v) is 3.92. The number of unbranched alkanes of at least 4 members (excludes halogenated alkanes) is 1. The van der Waals surface area contributed by atoms with Gasteiger partial charge in [-0.1, -0.05) is 68.8 Å². The summed E-state index contributed by atoms with van der Waals surface area (Å²) in [5, 5.41) is 10.8. The number of carbonyl (C=O) groups is 2. The van der Waals surface area contributed by atoms with Crippen LogP contribution in [0.3, 0.4) is 0 Å². The van der Waals surface area contributed by atoms with Gasteiger partial charge in [0.05, 0.1) is 11.4 Å². The highest BCUT2D eigenvalue weighted by Crippen LogP contribution is 2.34. The fourth-order valence-electron chi connectivity index (χ4n) is 3.92. The minimum atomic E-state index is -0.258. The number of amides is 3. The molecule has 7 nitrogen and oxygen atoms in total. The topological polar surface area (TPSA) is 79.3 Å². The Morgan fingerprint density at radius 2 is 1.68 bits per heavy atom. The second-order valence-corrected chi connectivity index (χ2v) is 8.43. The number of nitrogens with one attached hydrogen (secondary N) is 2. The van der Waals surface area contributed by atoms with E-state index in [0.717, 1.165) is 47.3 Å². The highest BCUT2D eigenvalue weighted by atomic mass is 16.2. The van der Waals surface area contributed by atoms with Gasteiger partial charge in [0.1, 0.15) is 12.4 Å². The second kappa shape index (κ2) is 12.0. The van der Waals surface area contributed by atoms with Gasteiger partial charge in [-0.2, -0.15) is 5.10 Å². The lowest BCUT2D eigenvalue weighted by atomic mass is 10.1. The summed E-state index contributed by atoms with van der Waals surface area (Å²) in [6.45, 7) is 9.11. The van der Waals surface area contributed by atoms with Gasteiger partial charge in [-0.05, 0) is 43.9 Å². The van der Waals surface area contributed by atoms with Gasteiger partial charge < -0.3 is 15.5 Å². The molecule has 0 fully saturated rings. The molecule has 3 rings (SSSR count). The summed E-state index contributed by atoms with van der Waals surface area (Å²) >= 11 is 0. The lowest BCUT2D eigenvalue weighted by molar-refractivity contribution is -0.116. The normalized spacial score (nSPS) is 10.7. The van der Waals surface area contributed by atoms with Crippen LogP contribution in [0.4, 0.5) is 10.6 Å². The van der Waals surface area contributed by atoms with Gasteiger partial charge in [-0.25, -0.2) is 9.48 Å². The van der Waals surface area contributed by atoms with E-state index < -0.39 is 0 Å². The van der Waals surface area contributed by atoms with Crippen LogP contribution in [-0.4, -0.2) is 46.3 Å². The van der Waals surface area contributed by atoms with E-state index in [1.807, 2.05) is 75.4 Å². The Kier molecular flexibility index (Phi) is 8.85. The Labute approximate surface area is 202 Å². The molecule has 0 radical (unpaired) electrons. The standard InChI is InChI=1S/C27H35N5O2/c1-5-7-17-28-27(34)31(18-6-2)19-24(33)29-26-25(22-14-9-8-10-15-22)21(4)30-32(26)23-16-12-11-13-20(23)3/h8-16H,5-7,17-19H2,1-4H3,(H,28,34)(H,29,33). The van der Waals surface area contributed by atoms with Crippen molar-refractivity contribution in [3.63, 3.8) is 0 Å². The molecule has 0 aliphatic heterocycles. The van der Waals surface area contributed by atoms with Crippen LogP contribution in [0.2, 0.25) is 0 Å². The average molecular weight is 462 g/mol. The Bertz CT molecular complexity index is 1110. The van der Waals surface area contributed by atoms with Crippen molar-refractivity contribution >= 4 is 17.8 Å². The van der Waals surface area contributed by atoms with Crippen LogP contribution in [0, 0.1) is 13.8 Å². The molecule has 7 heteroatoms. The molecule has 3 amide bonds. The maximum absolute atomic E-state index is 13.2. The van der Waals surface area contributed by atoms with Gasteiger partial charge in [0.15, 0.2) is 0 Å². The summed E-state index contributed by atoms with van der Waals surface area (Å²) < 4.78 is 1.79. The largest absolute Gasteiger partial charge is 0.338 e. The average Bonchev–Trinajstić information content (AvgIpc) is 3.14. The minimum Gasteiger partial charge on any atom is -0.338 e. The predicted octanol–water partition coefficient (Wildman–Crippen LogP) is 5.32. The number of urea groups is 1. The number of aryl methyl sites for hydroxylation is 2. The molecular weight excluding hydrogens is 426 g/mol. The number of aromatic nitrogens is 2. The fraction of sp³-hybridized carbons (Fsp3) is 0.370. The van der Waals surface area contributed by atoms with Gasteiger partial charge in [0.2, 0.25) is 5.91 Å². The number of anilines is 1. The molecule has 0 saturated carbocycles. The zero-order valence-electron chi connectivity index (χ0n) is 20.6. The van der Waals surface area contributed by atoms with Gasteiger partial charge in [-0.15, -0.1) is 0 Å². The summed E-state index contributed by atoms with van der Waals surface area (Å²) in [5.74, 6) is 0.344. The first-order valence-corrected chi connectivity index (χ1v) is 12.0. The molecule has 0 saturated heterocycles. The zero-order chi connectivity index (χ0) is 24.5. The van der Waals surface area contributed by atoms with Gasteiger partial charge in [0, 0.05) is 18.7 Å². The maximum Gasteiger partial charge on any atom is 0.317 e. The Hall–Kier alpha value is -3.61. The van der Waals surface area contributed by atoms with E-state index in [9.17, 15) is 9.59 Å². The summed E-state index contributed by atoms with van der Waals surface area (Å²) in [6.07, 6.45) is 2.68. The van der Waals surface area contributed by atoms with Crippen LogP contribution in [0.15, 0.2) is 54.6 Å². The van der Waals surface area contributed by atoms with E-state index >= 15 is 0 Å². The zero-order valence-corrected chi connectivity index (χ0v) is 20.6. The molecule has 0 bridgehead atoms. The van der Waals surface area contributed by atoms with E-state index in [4.69, 9.17) is 5.10 Å². The molecule has 2 aromatic carbocycles. The summed E-state index contributed by atoms with van der Waals surface area (Å²) in [6, 6.07) is 17.6. The van der Waals surface area contributed by atoms with Crippen LogP contribution < -0.4 is 10.6 Å². The summed E-state index contributed by atoms with van der Waals surface area (Å²) in [4.78, 5) is 27.4. The third-order valence-electron chi connectivity index (χ3n) is 5.65. The molecule has 0 spiro atoms. The molecule has 1 heterocycles. The number of para-hydroxylation sites is 1. The van der Waals surface area contributed by atoms with Crippen molar-refractivity contribution in [3.8, 4) is 16.8 Å². The lowest BCUT2D eigenvalue weighted by Gasteiger charge is -2.22. The summed E-state index contributed by atoms with van der Waals surface area (Å²) in [5.41, 5.74) is 4.59. The number of nitrogens with zero attached hydrogens (tertiary/aromatic N) is 3. The van der Waals surface area contributed by atoms with Crippen molar-refractivity contribution < 1.29 is 9.59 Å². The van der Waals surface area contributed by atoms with E-state index in [1.54, 1.807) is 9.58 Å². The highest BCUT2D eigenvalue weighted by molar-refractivity contribution is 5.97. The molecule has 180 valence electrons. The van der Waals surface area contributed by atoms with Crippen molar-refractivity contribution in [1.82, 2.24) is 20.0 Å². The van der Waals surface area contributed by atoms with Crippen molar-refractivity contribution in [2.75, 3.05) is 25.0 Å². The smallest absolute Gasteiger partial charge is 0.317 e. The first-order valence-electron chi connectivity index (χ1n) is 12.0. The molecule has 3 aromatic rings. The molecule has 0 aliphatic carbocycles. The molecule has 0 aliphatic rings. The first kappa shape index (κ1) is 25.0. The maximum atomic E-state index is 13.2. The number of benzene rings is 2. The Balaban J connectivity index is 1.93. The van der Waals surface area contributed by atoms with Gasteiger partial charge in [-0.3, -0.25) is 4.79 Å². The molecule has 0 atom stereocenters. The van der Waals surface area contributed by atoms with Crippen LogP contribution in [0.25, 0.3) is 16.8 Å². The number of carbonyl (C=O) groups excluding carboxylic acids is 2. The number of rotatable bonds is 10. The number of hydrogen-bond donors (Lipinski definition) is 2. The minimum absolute atomic E-state index is 0.0297. The second-order valence-electron chi connectivity index (χ2n) is 8.43. The highest BCUT2D eigenvalue weighted by Gasteiger charge is 2.23. The predicted molar refractivity (Wildman–Crippen MR) is 137 cm³/mol. The van der Waals surface area contributed by atoms with E-state index in [1.165, 1.54) is 0 Å². The SMILES string of the molecule is CCCCNC(=O)N(CCC)CC(=O)Nc1c(-c2ccccc2)c(C)nn1-c1ccccc1C. The molecule has 1 aromatic heterocycles. The quantitative estimate of drug-likeness (QED) is 0.401. The molecule has 2 N–H and O–H groups in total. The first-order chi connectivity index (χ1) is 16.5. The van der Waals surface area contributed by atoms with Crippen molar-refractivity contribution in [3.05, 3.63) is 65.9 Å². The third kappa shape index (κ3) is 6.04. The van der Waals surface area contributed by atoms with Crippen LogP contribution >= 0.6 is 0 Å². The number of hydrogen-bond acceptors (Lipinski definition) is 3. The van der Waals surface area contributed by atoms with Crippen molar-refractivity contribution in [1.29, 1.82) is 0 Å². The van der Waals surface area contributed by atoms with E-state index in [2.05, 4.69) is 17.6 Å². The molecule has 34 heavy (non-hydrogen) atoms. The Morgan fingerprint density at radius 1 is 0.971 bits per heavy atom. The van der Waals surface area contributed by atoms with Crippen molar-refractivity contribution in [2.24, 2.45) is 0 Å². The monoisotopic (exact) mass is 461 g/mol. The van der Waals surface area contributed by atoms with Gasteiger partial charge in [0.25, 0.3) is 0 Å². The van der Waals surface area contributed by atoms with Crippen LogP contribution in [0.1, 0.15) is 44.4 Å². The summed E-state index contributed by atoms with van der Waals surface area (Å²) in [7, 11) is 0. The van der Waals surface area contributed by atoms with Crippen LogP contribution in [-0.2, 0) is 4.79 Å². The van der Waals surface area contributed by atoms with E-state index in [0.29, 0.717) is 18.9 Å². The lowest BCUT2D eigenvalue weighted by Crippen LogP contribution is -2.44. The Morgan fingerprint density at radius 3 is 2.35 bits per heavy atom. The molecule has 0 unspecified atom stereocenters. The molecular formula is C27H35N5O2.